The normalized spacial score (nSPS) is 17.2. The Bertz CT molecular complexity index is 801. The highest BCUT2D eigenvalue weighted by molar-refractivity contribution is 6.34. The van der Waals surface area contributed by atoms with E-state index in [0.29, 0.717) is 40.4 Å². The molecule has 4 nitrogen and oxygen atoms in total. The summed E-state index contributed by atoms with van der Waals surface area (Å²) in [4.78, 5) is 12.8. The van der Waals surface area contributed by atoms with Gasteiger partial charge in [-0.3, -0.25) is 4.79 Å². The topological polar surface area (TPSA) is 47.6 Å². The van der Waals surface area contributed by atoms with E-state index in [2.05, 4.69) is 5.32 Å². The maximum absolute atomic E-state index is 12.8. The van der Waals surface area contributed by atoms with Gasteiger partial charge in [-0.25, -0.2) is 0 Å². The fourth-order valence-electron chi connectivity index (χ4n) is 2.94. The minimum Gasteiger partial charge on any atom is -0.486 e. The van der Waals surface area contributed by atoms with Gasteiger partial charge in [-0.05, 0) is 30.5 Å². The van der Waals surface area contributed by atoms with E-state index < -0.39 is 5.41 Å². The molecule has 1 aliphatic carbocycles. The number of amides is 1. The molecule has 1 heterocycles. The van der Waals surface area contributed by atoms with E-state index in [0.717, 1.165) is 18.4 Å². The van der Waals surface area contributed by atoms with Crippen LogP contribution in [-0.2, 0) is 10.2 Å². The maximum Gasteiger partial charge on any atom is 0.235 e. The highest BCUT2D eigenvalue weighted by atomic mass is 35.5. The number of rotatable bonds is 3. The molecule has 0 radical (unpaired) electrons. The highest BCUT2D eigenvalue weighted by Crippen LogP contribution is 2.49. The van der Waals surface area contributed by atoms with Crippen molar-refractivity contribution in [3.8, 4) is 11.5 Å². The minimum atomic E-state index is -0.499. The number of hydrogen-bond donors (Lipinski definition) is 1. The van der Waals surface area contributed by atoms with Gasteiger partial charge in [0, 0.05) is 17.2 Å². The molecule has 2 aromatic carbocycles. The number of nitrogens with one attached hydrogen (secondary N) is 1. The lowest BCUT2D eigenvalue weighted by Crippen LogP contribution is -2.28. The average molecular weight is 364 g/mol. The molecule has 0 saturated heterocycles. The van der Waals surface area contributed by atoms with Gasteiger partial charge in [0.05, 0.1) is 16.1 Å². The van der Waals surface area contributed by atoms with Crippen LogP contribution in [0.5, 0.6) is 11.5 Å². The van der Waals surface area contributed by atoms with Gasteiger partial charge in [0.2, 0.25) is 5.91 Å². The molecule has 0 atom stereocenters. The lowest BCUT2D eigenvalue weighted by molar-refractivity contribution is -0.118. The molecule has 124 valence electrons. The molecule has 0 bridgehead atoms. The second-order valence-electron chi connectivity index (χ2n) is 6.02. The molecule has 0 spiro atoms. The van der Waals surface area contributed by atoms with Crippen LogP contribution in [0.4, 0.5) is 5.69 Å². The summed E-state index contributed by atoms with van der Waals surface area (Å²) in [5.41, 5.74) is 1.01. The Morgan fingerprint density at radius 1 is 1.00 bits per heavy atom. The lowest BCUT2D eigenvalue weighted by Gasteiger charge is -2.21. The van der Waals surface area contributed by atoms with Crippen molar-refractivity contribution in [2.24, 2.45) is 0 Å². The Kier molecular flexibility index (Phi) is 3.82. The van der Waals surface area contributed by atoms with E-state index >= 15 is 0 Å². The van der Waals surface area contributed by atoms with Crippen molar-refractivity contribution in [1.82, 2.24) is 0 Å². The van der Waals surface area contributed by atoms with Crippen molar-refractivity contribution in [3.05, 3.63) is 52.0 Å². The van der Waals surface area contributed by atoms with Crippen LogP contribution in [0.3, 0.4) is 0 Å². The quantitative estimate of drug-likeness (QED) is 0.876. The van der Waals surface area contributed by atoms with Gasteiger partial charge in [-0.15, -0.1) is 0 Å². The second kappa shape index (κ2) is 5.87. The van der Waals surface area contributed by atoms with Crippen LogP contribution in [0, 0.1) is 0 Å². The summed E-state index contributed by atoms with van der Waals surface area (Å²) in [6.45, 7) is 0.978. The first-order valence-corrected chi connectivity index (χ1v) is 8.51. The third kappa shape index (κ3) is 2.70. The van der Waals surface area contributed by atoms with Crippen LogP contribution in [0.1, 0.15) is 18.4 Å². The molecule has 2 aliphatic rings. The van der Waals surface area contributed by atoms with Gasteiger partial charge >= 0.3 is 0 Å². The first-order valence-electron chi connectivity index (χ1n) is 7.75. The van der Waals surface area contributed by atoms with E-state index in [9.17, 15) is 4.79 Å². The van der Waals surface area contributed by atoms with Crippen LogP contribution < -0.4 is 14.8 Å². The summed E-state index contributed by atoms with van der Waals surface area (Å²) in [5, 5.41) is 4.02. The van der Waals surface area contributed by atoms with Crippen LogP contribution in [0.2, 0.25) is 10.0 Å². The minimum absolute atomic E-state index is 0.0663. The summed E-state index contributed by atoms with van der Waals surface area (Å²) in [6, 6.07) is 10.8. The largest absolute Gasteiger partial charge is 0.486 e. The Hall–Kier alpha value is -1.91. The van der Waals surface area contributed by atoms with Gasteiger partial charge in [0.15, 0.2) is 11.5 Å². The summed E-state index contributed by atoms with van der Waals surface area (Å²) in [6.07, 6.45) is 1.62. The monoisotopic (exact) mass is 363 g/mol. The Morgan fingerprint density at radius 2 is 1.62 bits per heavy atom. The number of hydrogen-bond acceptors (Lipinski definition) is 3. The molecule has 1 aliphatic heterocycles. The smallest absolute Gasteiger partial charge is 0.235 e. The van der Waals surface area contributed by atoms with Gasteiger partial charge in [-0.1, -0.05) is 35.3 Å². The van der Waals surface area contributed by atoms with Crippen LogP contribution in [0.15, 0.2) is 36.4 Å². The number of benzene rings is 2. The van der Waals surface area contributed by atoms with E-state index in [-0.39, 0.29) is 5.91 Å². The SMILES string of the molecule is O=C(Nc1cc2c(cc1Cl)OCCO2)C1(c2ccc(Cl)cc2)CC1. The number of anilines is 1. The zero-order valence-electron chi connectivity index (χ0n) is 12.8. The molecule has 0 aromatic heterocycles. The molecule has 0 unspecified atom stereocenters. The maximum atomic E-state index is 12.8. The summed E-state index contributed by atoms with van der Waals surface area (Å²) in [7, 11) is 0. The van der Waals surface area contributed by atoms with E-state index in [1.54, 1.807) is 24.3 Å². The van der Waals surface area contributed by atoms with Crippen molar-refractivity contribution in [2.45, 2.75) is 18.3 Å². The second-order valence-corrected chi connectivity index (χ2v) is 6.86. The van der Waals surface area contributed by atoms with E-state index in [4.69, 9.17) is 32.7 Å². The molecule has 4 rings (SSSR count). The van der Waals surface area contributed by atoms with E-state index in [1.165, 1.54) is 0 Å². The van der Waals surface area contributed by atoms with Crippen molar-refractivity contribution >= 4 is 34.8 Å². The molecule has 1 N–H and O–H groups in total. The Morgan fingerprint density at radius 3 is 2.25 bits per heavy atom. The van der Waals surface area contributed by atoms with E-state index in [1.807, 2.05) is 12.1 Å². The number of carbonyl (C=O) groups is 1. The third-order valence-electron chi connectivity index (χ3n) is 4.46. The molecular formula is C18H15Cl2NO3. The first-order chi connectivity index (χ1) is 11.6. The van der Waals surface area contributed by atoms with Gasteiger partial charge in [0.1, 0.15) is 13.2 Å². The predicted molar refractivity (Wildman–Crippen MR) is 93.4 cm³/mol. The standard InChI is InChI=1S/C18H15Cl2NO3/c19-12-3-1-11(2-4-12)18(5-6-18)17(22)21-14-10-16-15(9-13(14)20)23-7-8-24-16/h1-4,9-10H,5-8H2,(H,21,22). The number of carbonyl (C=O) groups excluding carboxylic acids is 1. The van der Waals surface area contributed by atoms with Gasteiger partial charge in [0.25, 0.3) is 0 Å². The summed E-state index contributed by atoms with van der Waals surface area (Å²) in [5.74, 6) is 1.13. The van der Waals surface area contributed by atoms with Crippen molar-refractivity contribution in [3.63, 3.8) is 0 Å². The average Bonchev–Trinajstić information content (AvgIpc) is 3.38. The molecule has 6 heteroatoms. The van der Waals surface area contributed by atoms with Gasteiger partial charge in [-0.2, -0.15) is 0 Å². The zero-order chi connectivity index (χ0) is 16.7. The Labute approximate surface area is 149 Å². The lowest BCUT2D eigenvalue weighted by atomic mass is 9.95. The summed E-state index contributed by atoms with van der Waals surface area (Å²) >= 11 is 12.2. The highest BCUT2D eigenvalue weighted by Gasteiger charge is 2.51. The Balaban J connectivity index is 1.59. The number of fused-ring (bicyclic) bond motifs is 1. The van der Waals surface area contributed by atoms with Crippen molar-refractivity contribution in [2.75, 3.05) is 18.5 Å². The molecule has 24 heavy (non-hydrogen) atoms. The summed E-state index contributed by atoms with van der Waals surface area (Å²) < 4.78 is 11.0. The molecule has 1 saturated carbocycles. The van der Waals surface area contributed by atoms with Gasteiger partial charge < -0.3 is 14.8 Å². The molecule has 1 fully saturated rings. The fourth-order valence-corrected chi connectivity index (χ4v) is 3.27. The van der Waals surface area contributed by atoms with Crippen molar-refractivity contribution in [1.29, 1.82) is 0 Å². The molecule has 1 amide bonds. The number of ether oxygens (including phenoxy) is 2. The zero-order valence-corrected chi connectivity index (χ0v) is 14.3. The number of halogens is 2. The molecule has 2 aromatic rings. The van der Waals surface area contributed by atoms with Crippen LogP contribution in [0.25, 0.3) is 0 Å². The first kappa shape index (κ1) is 15.6. The van der Waals surface area contributed by atoms with Crippen LogP contribution in [-0.4, -0.2) is 19.1 Å². The fraction of sp³-hybridized carbons (Fsp3) is 0.278. The predicted octanol–water partition coefficient (Wildman–Crippen LogP) is 4.43. The van der Waals surface area contributed by atoms with Crippen LogP contribution >= 0.6 is 23.2 Å². The van der Waals surface area contributed by atoms with Crippen molar-refractivity contribution < 1.29 is 14.3 Å². The third-order valence-corrected chi connectivity index (χ3v) is 5.03. The molecular weight excluding hydrogens is 349 g/mol.